The van der Waals surface area contributed by atoms with Crippen LogP contribution >= 0.6 is 0 Å². The quantitative estimate of drug-likeness (QED) is 0.613. The van der Waals surface area contributed by atoms with Gasteiger partial charge >= 0.3 is 17.9 Å². The van der Waals surface area contributed by atoms with Gasteiger partial charge in [-0.1, -0.05) is 0 Å². The molecule has 1 aromatic rings. The number of aromatic amines is 1. The molecule has 0 saturated carbocycles. The third-order valence-corrected chi connectivity index (χ3v) is 2.51. The summed E-state index contributed by atoms with van der Waals surface area (Å²) in [6.45, 7) is 4.92. The Hall–Kier alpha value is -2.64. The van der Waals surface area contributed by atoms with Crippen molar-refractivity contribution in [2.75, 3.05) is 19.8 Å². The Balaban J connectivity index is 3.41. The van der Waals surface area contributed by atoms with Gasteiger partial charge in [-0.05, 0) is 26.8 Å². The van der Waals surface area contributed by atoms with E-state index in [1.165, 1.54) is 0 Å². The molecule has 1 rings (SSSR count). The van der Waals surface area contributed by atoms with E-state index in [0.717, 1.165) is 6.07 Å². The van der Waals surface area contributed by atoms with E-state index in [-0.39, 0.29) is 31.1 Å². The van der Waals surface area contributed by atoms with Crippen LogP contribution in [-0.2, 0) is 14.2 Å². The smallest absolute Gasteiger partial charge is 0.355 e. The molecule has 0 saturated heterocycles. The van der Waals surface area contributed by atoms with Gasteiger partial charge in [-0.3, -0.25) is 4.79 Å². The number of rotatable bonds is 6. The number of hydrogen-bond acceptors (Lipinski definition) is 7. The monoisotopic (exact) mass is 311 g/mol. The predicted octanol–water partition coefficient (Wildman–Crippen LogP) is 0.905. The SMILES string of the molecule is CCOC(=O)c1cc(C(=O)OCC)c(=O)[nH]c1C(=O)OCC. The van der Waals surface area contributed by atoms with Crippen LogP contribution in [0.15, 0.2) is 10.9 Å². The van der Waals surface area contributed by atoms with Crippen LogP contribution in [0.5, 0.6) is 0 Å². The van der Waals surface area contributed by atoms with Crippen LogP contribution in [0.3, 0.4) is 0 Å². The maximum atomic E-state index is 11.9. The van der Waals surface area contributed by atoms with Gasteiger partial charge in [0.1, 0.15) is 11.3 Å². The molecule has 0 fully saturated rings. The Kier molecular flexibility index (Phi) is 6.30. The van der Waals surface area contributed by atoms with Crippen LogP contribution in [0.25, 0.3) is 0 Å². The van der Waals surface area contributed by atoms with Crippen LogP contribution in [-0.4, -0.2) is 42.7 Å². The first-order valence-corrected chi connectivity index (χ1v) is 6.74. The van der Waals surface area contributed by atoms with E-state index in [0.29, 0.717) is 0 Å². The highest BCUT2D eigenvalue weighted by atomic mass is 16.5. The summed E-state index contributed by atoms with van der Waals surface area (Å²) < 4.78 is 14.3. The second-order valence-electron chi connectivity index (χ2n) is 3.96. The number of pyridine rings is 1. The van der Waals surface area contributed by atoms with Gasteiger partial charge in [0.15, 0.2) is 0 Å². The van der Waals surface area contributed by atoms with Gasteiger partial charge in [0, 0.05) is 0 Å². The van der Waals surface area contributed by atoms with Crippen molar-refractivity contribution in [1.82, 2.24) is 4.98 Å². The molecule has 0 aliphatic carbocycles. The van der Waals surface area contributed by atoms with E-state index in [4.69, 9.17) is 14.2 Å². The Labute approximate surface area is 126 Å². The molecule has 1 aromatic heterocycles. The third-order valence-electron chi connectivity index (χ3n) is 2.51. The number of carbonyl (C=O) groups is 3. The highest BCUT2D eigenvalue weighted by Gasteiger charge is 2.25. The number of nitrogens with one attached hydrogen (secondary N) is 1. The molecule has 0 bridgehead atoms. The highest BCUT2D eigenvalue weighted by molar-refractivity contribution is 6.03. The van der Waals surface area contributed by atoms with Gasteiger partial charge in [-0.25, -0.2) is 14.4 Å². The predicted molar refractivity (Wildman–Crippen MR) is 74.9 cm³/mol. The van der Waals surface area contributed by atoms with Crippen LogP contribution in [0, 0.1) is 0 Å². The minimum Gasteiger partial charge on any atom is -0.462 e. The van der Waals surface area contributed by atoms with Gasteiger partial charge in [0.25, 0.3) is 5.56 Å². The normalized spacial score (nSPS) is 9.95. The topological polar surface area (TPSA) is 112 Å². The minimum atomic E-state index is -0.898. The maximum absolute atomic E-state index is 11.9. The Bertz CT molecular complexity index is 633. The van der Waals surface area contributed by atoms with Gasteiger partial charge in [-0.15, -0.1) is 0 Å². The zero-order valence-corrected chi connectivity index (χ0v) is 12.6. The number of aromatic nitrogens is 1. The summed E-state index contributed by atoms with van der Waals surface area (Å²) in [6, 6.07) is 0.973. The number of hydrogen-bond donors (Lipinski definition) is 1. The van der Waals surface area contributed by atoms with E-state index in [9.17, 15) is 19.2 Å². The molecule has 0 aliphatic rings. The number of H-pyrrole nitrogens is 1. The minimum absolute atomic E-state index is 0.0583. The van der Waals surface area contributed by atoms with Crippen molar-refractivity contribution in [3.63, 3.8) is 0 Å². The van der Waals surface area contributed by atoms with Gasteiger partial charge in [-0.2, -0.15) is 0 Å². The van der Waals surface area contributed by atoms with Gasteiger partial charge in [0.2, 0.25) is 0 Å². The molecule has 22 heavy (non-hydrogen) atoms. The average molecular weight is 311 g/mol. The average Bonchev–Trinajstić information content (AvgIpc) is 2.47. The molecule has 1 N–H and O–H groups in total. The summed E-state index contributed by atoms with van der Waals surface area (Å²) >= 11 is 0. The van der Waals surface area contributed by atoms with Crippen LogP contribution < -0.4 is 5.56 Å². The van der Waals surface area contributed by atoms with Crippen molar-refractivity contribution in [1.29, 1.82) is 0 Å². The molecule has 1 heterocycles. The van der Waals surface area contributed by atoms with Crippen molar-refractivity contribution < 1.29 is 28.6 Å². The summed E-state index contributed by atoms with van der Waals surface area (Å²) in [6.07, 6.45) is 0. The van der Waals surface area contributed by atoms with Crippen molar-refractivity contribution in [2.45, 2.75) is 20.8 Å². The number of ether oxygens (including phenoxy) is 3. The van der Waals surface area contributed by atoms with Crippen LogP contribution in [0.4, 0.5) is 0 Å². The third kappa shape index (κ3) is 3.94. The molecule has 0 aromatic carbocycles. The van der Waals surface area contributed by atoms with Crippen molar-refractivity contribution in [3.05, 3.63) is 33.2 Å². The second kappa shape index (κ2) is 7.96. The fourth-order valence-electron chi connectivity index (χ4n) is 1.62. The summed E-state index contributed by atoms with van der Waals surface area (Å²) in [5, 5.41) is 0. The lowest BCUT2D eigenvalue weighted by atomic mass is 10.1. The molecule has 0 amide bonds. The van der Waals surface area contributed by atoms with Gasteiger partial charge < -0.3 is 19.2 Å². The Morgan fingerprint density at radius 1 is 0.864 bits per heavy atom. The summed E-state index contributed by atoms with van der Waals surface area (Å²) in [5.74, 6) is -2.64. The summed E-state index contributed by atoms with van der Waals surface area (Å²) in [4.78, 5) is 49.5. The van der Waals surface area contributed by atoms with E-state index in [1.807, 2.05) is 0 Å². The summed E-state index contributed by atoms with van der Waals surface area (Å²) in [5.41, 5.74) is -1.87. The Morgan fingerprint density at radius 3 is 1.82 bits per heavy atom. The molecular weight excluding hydrogens is 294 g/mol. The molecule has 120 valence electrons. The molecule has 8 nitrogen and oxygen atoms in total. The van der Waals surface area contributed by atoms with E-state index < -0.39 is 29.0 Å². The Morgan fingerprint density at radius 2 is 1.32 bits per heavy atom. The lowest BCUT2D eigenvalue weighted by molar-refractivity contribution is 0.0469. The van der Waals surface area contributed by atoms with Crippen molar-refractivity contribution in [2.24, 2.45) is 0 Å². The van der Waals surface area contributed by atoms with E-state index >= 15 is 0 Å². The van der Waals surface area contributed by atoms with Gasteiger partial charge in [0.05, 0.1) is 25.4 Å². The fraction of sp³-hybridized carbons (Fsp3) is 0.429. The van der Waals surface area contributed by atoms with E-state index in [1.54, 1.807) is 20.8 Å². The molecule has 0 radical (unpaired) electrons. The molecule has 8 heteroatoms. The molecule has 0 unspecified atom stereocenters. The van der Waals surface area contributed by atoms with Crippen LogP contribution in [0.2, 0.25) is 0 Å². The number of carbonyl (C=O) groups excluding carboxylic acids is 3. The molecule has 0 aliphatic heterocycles. The molecule has 0 atom stereocenters. The first-order chi connectivity index (χ1) is 10.5. The van der Waals surface area contributed by atoms with Crippen molar-refractivity contribution in [3.8, 4) is 0 Å². The largest absolute Gasteiger partial charge is 0.462 e. The lowest BCUT2D eigenvalue weighted by Crippen LogP contribution is -2.26. The first kappa shape index (κ1) is 17.4. The van der Waals surface area contributed by atoms with E-state index in [2.05, 4.69) is 4.98 Å². The maximum Gasteiger partial charge on any atom is 0.355 e. The zero-order chi connectivity index (χ0) is 16.7. The zero-order valence-electron chi connectivity index (χ0n) is 12.6. The lowest BCUT2D eigenvalue weighted by Gasteiger charge is -2.09. The number of esters is 3. The molecular formula is C14H17NO7. The highest BCUT2D eigenvalue weighted by Crippen LogP contribution is 2.11. The standard InChI is InChI=1S/C14H17NO7/c1-4-20-12(17)8-7-9(13(18)21-5-2)11(16)15-10(8)14(19)22-6-3/h7H,4-6H2,1-3H3,(H,15,16). The second-order valence-corrected chi connectivity index (χ2v) is 3.96. The fourth-order valence-corrected chi connectivity index (χ4v) is 1.62. The first-order valence-electron chi connectivity index (χ1n) is 6.74. The summed E-state index contributed by atoms with van der Waals surface area (Å²) in [7, 11) is 0. The van der Waals surface area contributed by atoms with Crippen LogP contribution in [0.1, 0.15) is 52.0 Å². The molecule has 0 spiro atoms. The van der Waals surface area contributed by atoms with Crippen molar-refractivity contribution >= 4 is 17.9 Å².